The molecule has 0 aliphatic carbocycles. The van der Waals surface area contributed by atoms with Gasteiger partial charge in [-0.15, -0.1) is 0 Å². The molecule has 0 atom stereocenters. The maximum atomic E-state index is 12.5. The van der Waals surface area contributed by atoms with E-state index >= 15 is 0 Å². The number of ether oxygens (including phenoxy) is 1. The Morgan fingerprint density at radius 1 is 1.38 bits per heavy atom. The number of benzene rings is 1. The number of hydrogen-bond donors (Lipinski definition) is 1. The van der Waals surface area contributed by atoms with Gasteiger partial charge in [-0.3, -0.25) is 9.69 Å². The summed E-state index contributed by atoms with van der Waals surface area (Å²) < 4.78 is 5.63. The Hall–Kier alpha value is -2.24. The lowest BCUT2D eigenvalue weighted by Crippen LogP contribution is -2.42. The van der Waals surface area contributed by atoms with Gasteiger partial charge in [0, 0.05) is 26.6 Å². The molecule has 1 N–H and O–H groups in total. The van der Waals surface area contributed by atoms with Crippen LogP contribution in [-0.2, 0) is 4.79 Å². The molecule has 1 aliphatic heterocycles. The van der Waals surface area contributed by atoms with Crippen LogP contribution in [0.5, 0.6) is 5.75 Å². The number of rotatable bonds is 4. The van der Waals surface area contributed by atoms with Crippen LogP contribution in [0.1, 0.15) is 19.3 Å². The molecular formula is C15H20N2O4. The van der Waals surface area contributed by atoms with Crippen molar-refractivity contribution in [2.24, 2.45) is 0 Å². The van der Waals surface area contributed by atoms with Gasteiger partial charge >= 0.3 is 12.0 Å². The standard InChI is InChI=1S/C15H20N2O4/c1-16(9-4-8-14(18)19)15(20)17-10-5-11-21-13-7-3-2-6-12(13)17/h2-3,6-7H,4-5,8-11H2,1H3,(H,18,19). The summed E-state index contributed by atoms with van der Waals surface area (Å²) in [5.41, 5.74) is 0.769. The van der Waals surface area contributed by atoms with E-state index in [1.165, 1.54) is 0 Å². The van der Waals surface area contributed by atoms with Crippen LogP contribution in [0.2, 0.25) is 0 Å². The van der Waals surface area contributed by atoms with Crippen molar-refractivity contribution in [3.63, 3.8) is 0 Å². The summed E-state index contributed by atoms with van der Waals surface area (Å²) in [6, 6.07) is 7.34. The molecule has 0 saturated heterocycles. The van der Waals surface area contributed by atoms with Crippen LogP contribution in [0, 0.1) is 0 Å². The highest BCUT2D eigenvalue weighted by Crippen LogP contribution is 2.31. The molecular weight excluding hydrogens is 272 g/mol. The summed E-state index contributed by atoms with van der Waals surface area (Å²) in [6.07, 6.45) is 1.28. The number of fused-ring (bicyclic) bond motifs is 1. The lowest BCUT2D eigenvalue weighted by molar-refractivity contribution is -0.137. The molecule has 1 aromatic rings. The predicted molar refractivity (Wildman–Crippen MR) is 78.8 cm³/mol. The SMILES string of the molecule is CN(CCCC(=O)O)C(=O)N1CCCOc2ccccc21. The van der Waals surface area contributed by atoms with Crippen molar-refractivity contribution in [3.05, 3.63) is 24.3 Å². The van der Waals surface area contributed by atoms with E-state index in [0.29, 0.717) is 31.9 Å². The molecule has 0 spiro atoms. The Morgan fingerprint density at radius 2 is 2.14 bits per heavy atom. The highest BCUT2D eigenvalue weighted by Gasteiger charge is 2.24. The molecule has 114 valence electrons. The van der Waals surface area contributed by atoms with Gasteiger partial charge < -0.3 is 14.7 Å². The second kappa shape index (κ2) is 6.97. The third kappa shape index (κ3) is 3.87. The van der Waals surface area contributed by atoms with Gasteiger partial charge in [-0.2, -0.15) is 0 Å². The average Bonchev–Trinajstić information content (AvgIpc) is 2.68. The first-order valence-corrected chi connectivity index (χ1v) is 7.06. The molecule has 2 amide bonds. The Morgan fingerprint density at radius 3 is 2.90 bits per heavy atom. The number of nitrogens with zero attached hydrogens (tertiary/aromatic N) is 2. The Labute approximate surface area is 123 Å². The van der Waals surface area contributed by atoms with Gasteiger partial charge in [0.2, 0.25) is 0 Å². The maximum absolute atomic E-state index is 12.5. The van der Waals surface area contributed by atoms with E-state index in [-0.39, 0.29) is 12.5 Å². The van der Waals surface area contributed by atoms with E-state index in [9.17, 15) is 9.59 Å². The lowest BCUT2D eigenvalue weighted by Gasteiger charge is -2.27. The Balaban J connectivity index is 2.06. The smallest absolute Gasteiger partial charge is 0.324 e. The number of carbonyl (C=O) groups is 2. The van der Waals surface area contributed by atoms with E-state index in [1.54, 1.807) is 16.8 Å². The van der Waals surface area contributed by atoms with E-state index in [2.05, 4.69) is 0 Å². The second-order valence-electron chi connectivity index (χ2n) is 5.02. The minimum Gasteiger partial charge on any atom is -0.491 e. The number of urea groups is 1. The van der Waals surface area contributed by atoms with Gasteiger partial charge in [0.1, 0.15) is 5.75 Å². The van der Waals surface area contributed by atoms with Crippen LogP contribution < -0.4 is 9.64 Å². The number of anilines is 1. The minimum atomic E-state index is -0.843. The normalized spacial score (nSPS) is 13.9. The second-order valence-corrected chi connectivity index (χ2v) is 5.02. The summed E-state index contributed by atoms with van der Waals surface area (Å²) in [6.45, 7) is 1.60. The lowest BCUT2D eigenvalue weighted by atomic mass is 10.2. The first-order valence-electron chi connectivity index (χ1n) is 7.06. The average molecular weight is 292 g/mol. The highest BCUT2D eigenvalue weighted by molar-refractivity contribution is 5.93. The van der Waals surface area contributed by atoms with Crippen LogP contribution in [0.4, 0.5) is 10.5 Å². The third-order valence-electron chi connectivity index (χ3n) is 3.38. The van der Waals surface area contributed by atoms with E-state index in [1.807, 2.05) is 24.3 Å². The molecule has 0 aromatic heterocycles. The molecule has 1 aromatic carbocycles. The van der Waals surface area contributed by atoms with Gasteiger partial charge in [0.15, 0.2) is 0 Å². The fraction of sp³-hybridized carbons (Fsp3) is 0.467. The quantitative estimate of drug-likeness (QED) is 0.923. The van der Waals surface area contributed by atoms with E-state index < -0.39 is 5.97 Å². The van der Waals surface area contributed by atoms with Gasteiger partial charge in [0.25, 0.3) is 0 Å². The molecule has 2 rings (SSSR count). The van der Waals surface area contributed by atoms with Crippen LogP contribution in [-0.4, -0.2) is 48.8 Å². The largest absolute Gasteiger partial charge is 0.491 e. The van der Waals surface area contributed by atoms with Crippen LogP contribution >= 0.6 is 0 Å². The summed E-state index contributed by atoms with van der Waals surface area (Å²) in [5, 5.41) is 8.65. The van der Waals surface area contributed by atoms with Crippen molar-refractivity contribution in [1.29, 1.82) is 0 Å². The molecule has 6 nitrogen and oxygen atoms in total. The fourth-order valence-corrected chi connectivity index (χ4v) is 2.30. The topological polar surface area (TPSA) is 70.1 Å². The highest BCUT2D eigenvalue weighted by atomic mass is 16.5. The van der Waals surface area contributed by atoms with Gasteiger partial charge in [-0.05, 0) is 25.0 Å². The molecule has 0 unspecified atom stereocenters. The molecule has 21 heavy (non-hydrogen) atoms. The van der Waals surface area contributed by atoms with E-state index in [0.717, 1.165) is 12.1 Å². The maximum Gasteiger partial charge on any atom is 0.324 e. The molecule has 0 bridgehead atoms. The minimum absolute atomic E-state index is 0.0668. The number of carbonyl (C=O) groups excluding carboxylic acids is 1. The number of amides is 2. The Kier molecular flexibility index (Phi) is 5.03. The fourth-order valence-electron chi connectivity index (χ4n) is 2.30. The monoisotopic (exact) mass is 292 g/mol. The van der Waals surface area contributed by atoms with E-state index in [4.69, 9.17) is 9.84 Å². The zero-order valence-electron chi connectivity index (χ0n) is 12.1. The Bertz CT molecular complexity index is 518. The number of aliphatic carboxylic acids is 1. The number of para-hydroxylation sites is 2. The van der Waals surface area contributed by atoms with Crippen molar-refractivity contribution in [2.75, 3.05) is 31.6 Å². The van der Waals surface area contributed by atoms with Crippen molar-refractivity contribution in [3.8, 4) is 5.75 Å². The summed E-state index contributed by atoms with van der Waals surface area (Å²) in [4.78, 5) is 26.3. The predicted octanol–water partition coefficient (Wildman–Crippen LogP) is 2.19. The van der Waals surface area contributed by atoms with Crippen LogP contribution in [0.15, 0.2) is 24.3 Å². The first-order chi connectivity index (χ1) is 10.1. The van der Waals surface area contributed by atoms with Gasteiger partial charge in [-0.1, -0.05) is 12.1 Å². The zero-order valence-corrected chi connectivity index (χ0v) is 12.1. The molecule has 1 aliphatic rings. The van der Waals surface area contributed by atoms with Crippen molar-refractivity contribution in [1.82, 2.24) is 4.90 Å². The zero-order chi connectivity index (χ0) is 15.2. The van der Waals surface area contributed by atoms with Crippen molar-refractivity contribution >= 4 is 17.7 Å². The molecule has 0 saturated carbocycles. The van der Waals surface area contributed by atoms with Gasteiger partial charge in [-0.25, -0.2) is 4.79 Å². The summed E-state index contributed by atoms with van der Waals surface area (Å²) in [5.74, 6) is -0.133. The summed E-state index contributed by atoms with van der Waals surface area (Å²) >= 11 is 0. The molecule has 0 fully saturated rings. The first kappa shape index (κ1) is 15.2. The van der Waals surface area contributed by atoms with Crippen molar-refractivity contribution in [2.45, 2.75) is 19.3 Å². The molecule has 1 heterocycles. The van der Waals surface area contributed by atoms with Crippen molar-refractivity contribution < 1.29 is 19.4 Å². The number of carboxylic acids is 1. The number of hydrogen-bond acceptors (Lipinski definition) is 3. The third-order valence-corrected chi connectivity index (χ3v) is 3.38. The molecule has 0 radical (unpaired) electrons. The molecule has 6 heteroatoms. The summed E-state index contributed by atoms with van der Waals surface area (Å²) in [7, 11) is 1.69. The number of carboxylic acid groups (broad SMARTS) is 1. The van der Waals surface area contributed by atoms with Crippen LogP contribution in [0.3, 0.4) is 0 Å². The van der Waals surface area contributed by atoms with Gasteiger partial charge in [0.05, 0.1) is 12.3 Å². The van der Waals surface area contributed by atoms with Crippen LogP contribution in [0.25, 0.3) is 0 Å².